The number of hydrogen-bond acceptors (Lipinski definition) is 8. The Morgan fingerprint density at radius 1 is 1.32 bits per heavy atom. The Bertz CT molecular complexity index is 976. The van der Waals surface area contributed by atoms with E-state index in [0.29, 0.717) is 37.6 Å². The molecule has 3 N–H and O–H groups in total. The number of rotatable bonds is 5. The van der Waals surface area contributed by atoms with Crippen LogP contribution in [-0.2, 0) is 10.0 Å². The lowest BCUT2D eigenvalue weighted by Gasteiger charge is -2.25. The third-order valence-electron chi connectivity index (χ3n) is 4.72. The highest BCUT2D eigenvalue weighted by molar-refractivity contribution is 7.89. The van der Waals surface area contributed by atoms with E-state index in [1.54, 1.807) is 6.07 Å². The molecule has 1 aromatic carbocycles. The summed E-state index contributed by atoms with van der Waals surface area (Å²) in [5.41, 5.74) is 0.0501. The molecule has 28 heavy (non-hydrogen) atoms. The molecule has 2 fully saturated rings. The number of para-hydroxylation sites is 1. The quantitative estimate of drug-likeness (QED) is 0.650. The van der Waals surface area contributed by atoms with Gasteiger partial charge >= 0.3 is 0 Å². The van der Waals surface area contributed by atoms with E-state index in [9.17, 15) is 17.6 Å². The number of benzene rings is 1. The highest BCUT2D eigenvalue weighted by Crippen LogP contribution is 2.36. The van der Waals surface area contributed by atoms with Crippen molar-refractivity contribution in [2.24, 2.45) is 0 Å². The normalized spacial score (nSPS) is 23.2. The molecule has 2 aromatic rings. The molecular weight excluding hydrogens is 407 g/mol. The minimum Gasteiger partial charge on any atom is -0.317 e. The predicted octanol–water partition coefficient (Wildman–Crippen LogP) is 0.873. The number of amides is 1. The molecule has 0 spiro atoms. The second-order valence-electron chi connectivity index (χ2n) is 6.52. The average Bonchev–Trinajstić information content (AvgIpc) is 3.43. The molecule has 2 saturated heterocycles. The number of hydrogen-bond donors (Lipinski definition) is 3. The second kappa shape index (κ2) is 7.79. The highest BCUT2D eigenvalue weighted by Gasteiger charge is 2.42. The van der Waals surface area contributed by atoms with Gasteiger partial charge in [-0.05, 0) is 25.0 Å². The van der Waals surface area contributed by atoms with Gasteiger partial charge in [-0.3, -0.25) is 10.1 Å². The number of carbonyl (C=O) groups excluding carboxylic acids is 1. The van der Waals surface area contributed by atoms with Crippen LogP contribution in [0.2, 0.25) is 0 Å². The molecular formula is C16H19FN6O3S2. The van der Waals surface area contributed by atoms with E-state index in [2.05, 4.69) is 26.1 Å². The summed E-state index contributed by atoms with van der Waals surface area (Å²) in [7, 11) is -3.55. The highest BCUT2D eigenvalue weighted by atomic mass is 32.2. The molecule has 12 heteroatoms. The van der Waals surface area contributed by atoms with Gasteiger partial charge in [0.25, 0.3) is 5.91 Å². The third-order valence-corrected chi connectivity index (χ3v) is 7.88. The number of nitrogens with one attached hydrogen (secondary N) is 3. The molecule has 9 nitrogen and oxygen atoms in total. The van der Waals surface area contributed by atoms with Gasteiger partial charge in [0.05, 0.1) is 11.7 Å². The Morgan fingerprint density at radius 3 is 2.89 bits per heavy atom. The molecule has 2 aliphatic rings. The number of sulfonamides is 1. The molecule has 3 heterocycles. The van der Waals surface area contributed by atoms with Gasteiger partial charge in [0, 0.05) is 19.8 Å². The molecule has 0 aliphatic carbocycles. The molecule has 1 amide bonds. The van der Waals surface area contributed by atoms with Crippen LogP contribution in [-0.4, -0.2) is 54.0 Å². The van der Waals surface area contributed by atoms with E-state index >= 15 is 0 Å². The largest absolute Gasteiger partial charge is 0.317 e. The van der Waals surface area contributed by atoms with Gasteiger partial charge in [-0.25, -0.2) is 12.8 Å². The predicted molar refractivity (Wildman–Crippen MR) is 102 cm³/mol. The lowest BCUT2D eigenvalue weighted by molar-refractivity contribution is 0.102. The zero-order chi connectivity index (χ0) is 19.7. The fourth-order valence-corrected chi connectivity index (χ4v) is 6.17. The van der Waals surface area contributed by atoms with E-state index in [-0.39, 0.29) is 10.7 Å². The van der Waals surface area contributed by atoms with Crippen LogP contribution in [0.25, 0.3) is 0 Å². The van der Waals surface area contributed by atoms with Crippen molar-refractivity contribution in [1.29, 1.82) is 0 Å². The van der Waals surface area contributed by atoms with Crippen LogP contribution >= 0.6 is 11.3 Å². The van der Waals surface area contributed by atoms with Crippen molar-refractivity contribution < 1.29 is 17.6 Å². The summed E-state index contributed by atoms with van der Waals surface area (Å²) in [5, 5.41) is 16.1. The molecule has 2 unspecified atom stereocenters. The lowest BCUT2D eigenvalue weighted by Crippen LogP contribution is -2.44. The summed E-state index contributed by atoms with van der Waals surface area (Å²) >= 11 is 1.03. The first-order valence-corrected chi connectivity index (χ1v) is 11.1. The van der Waals surface area contributed by atoms with Crippen molar-refractivity contribution in [3.63, 3.8) is 0 Å². The minimum atomic E-state index is -3.55. The Balaban J connectivity index is 1.51. The average molecular weight is 426 g/mol. The SMILES string of the molecule is O=C(Nc1ccccc1F)c1nnc(C2CCCN2S(=O)(=O)C2CNCN2)s1. The van der Waals surface area contributed by atoms with Crippen LogP contribution in [0.3, 0.4) is 0 Å². The van der Waals surface area contributed by atoms with Crippen LogP contribution in [0.1, 0.15) is 33.7 Å². The number of anilines is 1. The molecule has 1 aromatic heterocycles. The second-order valence-corrected chi connectivity index (χ2v) is 9.59. The standard InChI is InChI=1S/C16H19FN6O3S2/c17-10-4-1-2-5-11(10)20-14(24)16-22-21-15(27-16)12-6-3-7-23(12)28(25,26)13-8-18-9-19-13/h1-2,4-5,12-13,18-19H,3,6-9H2,(H,20,24). The number of carbonyl (C=O) groups is 1. The smallest absolute Gasteiger partial charge is 0.286 e. The van der Waals surface area contributed by atoms with E-state index in [4.69, 9.17) is 0 Å². The molecule has 2 aliphatic heterocycles. The van der Waals surface area contributed by atoms with Gasteiger partial charge in [0.2, 0.25) is 15.0 Å². The maximum atomic E-state index is 13.7. The summed E-state index contributed by atoms with van der Waals surface area (Å²) in [6, 6.07) is 5.38. The van der Waals surface area contributed by atoms with Gasteiger partial charge in [0.15, 0.2) is 0 Å². The monoisotopic (exact) mass is 426 g/mol. The van der Waals surface area contributed by atoms with Gasteiger partial charge in [-0.2, -0.15) is 4.31 Å². The van der Waals surface area contributed by atoms with Gasteiger partial charge in [-0.1, -0.05) is 23.5 Å². The van der Waals surface area contributed by atoms with Gasteiger partial charge in [0.1, 0.15) is 16.2 Å². The summed E-state index contributed by atoms with van der Waals surface area (Å²) < 4.78 is 41.0. The van der Waals surface area contributed by atoms with Crippen molar-refractivity contribution in [2.75, 3.05) is 25.1 Å². The molecule has 2 atom stereocenters. The Morgan fingerprint density at radius 2 is 2.14 bits per heavy atom. The summed E-state index contributed by atoms with van der Waals surface area (Å²) in [6.45, 7) is 1.20. The number of aromatic nitrogens is 2. The molecule has 4 rings (SSSR count). The first-order valence-electron chi connectivity index (χ1n) is 8.81. The first-order chi connectivity index (χ1) is 13.5. The van der Waals surface area contributed by atoms with Crippen LogP contribution < -0.4 is 16.0 Å². The Hall–Kier alpha value is -1.99. The van der Waals surface area contributed by atoms with Crippen molar-refractivity contribution >= 4 is 33.0 Å². The van der Waals surface area contributed by atoms with E-state index in [0.717, 1.165) is 11.3 Å². The maximum absolute atomic E-state index is 13.7. The third kappa shape index (κ3) is 3.65. The molecule has 0 bridgehead atoms. The Kier molecular flexibility index (Phi) is 5.38. The number of halogens is 1. The molecule has 0 saturated carbocycles. The van der Waals surface area contributed by atoms with Crippen molar-refractivity contribution in [3.8, 4) is 0 Å². The topological polar surface area (TPSA) is 116 Å². The van der Waals surface area contributed by atoms with Crippen LogP contribution in [0, 0.1) is 5.82 Å². The first kappa shape index (κ1) is 19.3. The van der Waals surface area contributed by atoms with E-state index in [1.807, 2.05) is 0 Å². The minimum absolute atomic E-state index is 0.0501. The maximum Gasteiger partial charge on any atom is 0.286 e. The van der Waals surface area contributed by atoms with Crippen LogP contribution in [0.15, 0.2) is 24.3 Å². The fourth-order valence-electron chi connectivity index (χ4n) is 3.33. The van der Waals surface area contributed by atoms with Gasteiger partial charge < -0.3 is 10.6 Å². The zero-order valence-electron chi connectivity index (χ0n) is 14.8. The summed E-state index contributed by atoms with van der Waals surface area (Å²) in [5.74, 6) is -1.13. The molecule has 0 radical (unpaired) electrons. The lowest BCUT2D eigenvalue weighted by atomic mass is 10.2. The fraction of sp³-hybridized carbons (Fsp3) is 0.438. The van der Waals surface area contributed by atoms with Crippen molar-refractivity contribution in [1.82, 2.24) is 25.1 Å². The Labute approximate surface area is 165 Å². The van der Waals surface area contributed by atoms with E-state index in [1.165, 1.54) is 22.5 Å². The van der Waals surface area contributed by atoms with Crippen molar-refractivity contribution in [2.45, 2.75) is 24.3 Å². The zero-order valence-corrected chi connectivity index (χ0v) is 16.4. The van der Waals surface area contributed by atoms with Crippen LogP contribution in [0.4, 0.5) is 10.1 Å². The van der Waals surface area contributed by atoms with E-state index < -0.39 is 33.2 Å². The van der Waals surface area contributed by atoms with Crippen LogP contribution in [0.5, 0.6) is 0 Å². The number of nitrogens with zero attached hydrogens (tertiary/aromatic N) is 3. The summed E-state index contributed by atoms with van der Waals surface area (Å²) in [4.78, 5) is 12.4. The molecule has 150 valence electrons. The van der Waals surface area contributed by atoms with Crippen molar-refractivity contribution in [3.05, 3.63) is 40.1 Å². The summed E-state index contributed by atoms with van der Waals surface area (Å²) in [6.07, 6.45) is 1.32. The van der Waals surface area contributed by atoms with Gasteiger partial charge in [-0.15, -0.1) is 10.2 Å².